The maximum Gasteiger partial charge on any atom is 0.178 e. The van der Waals surface area contributed by atoms with Gasteiger partial charge in [-0.3, -0.25) is 4.98 Å². The highest BCUT2D eigenvalue weighted by Gasteiger charge is 2.16. The van der Waals surface area contributed by atoms with Crippen LogP contribution in [0.1, 0.15) is 0 Å². The third kappa shape index (κ3) is 2.39. The molecular formula is C11H13N3S3. The van der Waals surface area contributed by atoms with Gasteiger partial charge in [0.2, 0.25) is 0 Å². The summed E-state index contributed by atoms with van der Waals surface area (Å²) in [5.41, 5.74) is 2.20. The van der Waals surface area contributed by atoms with E-state index in [9.17, 15) is 0 Å². The number of nitrogens with one attached hydrogen (secondary N) is 1. The van der Waals surface area contributed by atoms with Crippen LogP contribution in [-0.4, -0.2) is 37.0 Å². The van der Waals surface area contributed by atoms with Gasteiger partial charge in [-0.25, -0.2) is 0 Å². The highest BCUT2D eigenvalue weighted by Crippen LogP contribution is 2.26. The summed E-state index contributed by atoms with van der Waals surface area (Å²) < 4.78 is 3.01. The molecule has 1 fully saturated rings. The van der Waals surface area contributed by atoms with Crippen LogP contribution >= 0.6 is 35.7 Å². The number of hydrogen-bond acceptors (Lipinski definition) is 4. The fraction of sp³-hybridized carbons (Fsp3) is 0.455. The van der Waals surface area contributed by atoms with Gasteiger partial charge in [-0.1, -0.05) is 0 Å². The number of rotatable bonds is 2. The van der Waals surface area contributed by atoms with E-state index in [1.54, 1.807) is 0 Å². The van der Waals surface area contributed by atoms with E-state index in [4.69, 9.17) is 12.2 Å². The normalized spacial score (nSPS) is 20.8. The number of pyridine rings is 1. The molecule has 1 N–H and O–H groups in total. The molecule has 1 atom stereocenters. The Bertz CT molecular complexity index is 569. The molecule has 1 saturated heterocycles. The van der Waals surface area contributed by atoms with E-state index >= 15 is 0 Å². The minimum absolute atomic E-state index is 0.674. The van der Waals surface area contributed by atoms with Crippen molar-refractivity contribution in [1.82, 2.24) is 14.5 Å². The molecule has 2 aromatic rings. The van der Waals surface area contributed by atoms with E-state index in [1.807, 2.05) is 30.2 Å². The molecule has 1 aliphatic rings. The Morgan fingerprint density at radius 1 is 1.53 bits per heavy atom. The van der Waals surface area contributed by atoms with Crippen molar-refractivity contribution in [3.63, 3.8) is 0 Å². The fourth-order valence-corrected chi connectivity index (χ4v) is 4.97. The predicted molar refractivity (Wildman–Crippen MR) is 78.5 cm³/mol. The van der Waals surface area contributed by atoms with Crippen molar-refractivity contribution in [2.75, 3.05) is 17.3 Å². The Balaban J connectivity index is 1.93. The summed E-state index contributed by atoms with van der Waals surface area (Å²) in [5, 5.41) is 0.674. The van der Waals surface area contributed by atoms with Crippen molar-refractivity contribution in [3.8, 4) is 0 Å². The molecular weight excluding hydrogens is 270 g/mol. The first-order valence-corrected chi connectivity index (χ1v) is 8.17. The zero-order valence-corrected chi connectivity index (χ0v) is 11.7. The zero-order chi connectivity index (χ0) is 11.7. The van der Waals surface area contributed by atoms with E-state index in [-0.39, 0.29) is 0 Å². The highest BCUT2D eigenvalue weighted by atomic mass is 32.2. The molecule has 1 aliphatic heterocycles. The van der Waals surface area contributed by atoms with Gasteiger partial charge < -0.3 is 9.55 Å². The van der Waals surface area contributed by atoms with E-state index in [1.165, 1.54) is 22.8 Å². The number of aromatic amines is 1. The molecule has 6 heteroatoms. The number of imidazole rings is 1. The van der Waals surface area contributed by atoms with E-state index in [0.717, 1.165) is 16.8 Å². The van der Waals surface area contributed by atoms with Crippen LogP contribution in [0.15, 0.2) is 18.5 Å². The average Bonchev–Trinajstić information content (AvgIpc) is 2.68. The largest absolute Gasteiger partial charge is 0.329 e. The Hall–Kier alpha value is -0.460. The van der Waals surface area contributed by atoms with Gasteiger partial charge in [0, 0.05) is 35.3 Å². The first kappa shape index (κ1) is 11.6. The van der Waals surface area contributed by atoms with Gasteiger partial charge in [0.1, 0.15) is 0 Å². The number of thioether (sulfide) groups is 2. The van der Waals surface area contributed by atoms with Gasteiger partial charge >= 0.3 is 0 Å². The Morgan fingerprint density at radius 3 is 3.29 bits per heavy atom. The monoisotopic (exact) mass is 283 g/mol. The average molecular weight is 283 g/mol. The SMILES string of the molecule is S=c1[nH]c2cnccc2n1CC1CSCCS1. The summed E-state index contributed by atoms with van der Waals surface area (Å²) in [7, 11) is 0. The van der Waals surface area contributed by atoms with Crippen LogP contribution in [0.4, 0.5) is 0 Å². The van der Waals surface area contributed by atoms with Crippen molar-refractivity contribution < 1.29 is 0 Å². The second-order valence-electron chi connectivity index (χ2n) is 4.00. The topological polar surface area (TPSA) is 33.6 Å². The summed E-state index contributed by atoms with van der Waals surface area (Å²) in [6.07, 6.45) is 3.66. The molecule has 0 saturated carbocycles. The lowest BCUT2D eigenvalue weighted by Crippen LogP contribution is -2.20. The number of hydrogen-bond donors (Lipinski definition) is 1. The van der Waals surface area contributed by atoms with Crippen LogP contribution < -0.4 is 0 Å². The first-order valence-electron chi connectivity index (χ1n) is 5.56. The first-order chi connectivity index (χ1) is 8.34. The molecule has 90 valence electrons. The molecule has 3 nitrogen and oxygen atoms in total. The smallest absolute Gasteiger partial charge is 0.178 e. The molecule has 0 bridgehead atoms. The molecule has 1 unspecified atom stereocenters. The summed E-state index contributed by atoms with van der Waals surface area (Å²) >= 11 is 9.49. The molecule has 0 spiro atoms. The molecule has 3 heterocycles. The van der Waals surface area contributed by atoms with Crippen LogP contribution in [0, 0.1) is 4.77 Å². The van der Waals surface area contributed by atoms with Gasteiger partial charge in [-0.05, 0) is 18.3 Å². The third-order valence-corrected chi connectivity index (χ3v) is 6.00. The van der Waals surface area contributed by atoms with Crippen molar-refractivity contribution >= 4 is 46.8 Å². The van der Waals surface area contributed by atoms with Crippen LogP contribution in [0.3, 0.4) is 0 Å². The van der Waals surface area contributed by atoms with Gasteiger partial charge in [-0.2, -0.15) is 23.5 Å². The number of aromatic nitrogens is 3. The molecule has 0 amide bonds. The summed E-state index contributed by atoms with van der Waals surface area (Å²) in [6.45, 7) is 1.00. The summed E-state index contributed by atoms with van der Waals surface area (Å²) in [6, 6.07) is 2.03. The number of nitrogens with zero attached hydrogens (tertiary/aromatic N) is 2. The van der Waals surface area contributed by atoms with Crippen LogP contribution in [0.2, 0.25) is 0 Å². The van der Waals surface area contributed by atoms with E-state index in [2.05, 4.69) is 26.3 Å². The zero-order valence-electron chi connectivity index (χ0n) is 9.26. The standard InChI is InChI=1S/C11H13N3S3/c15-11-13-9-5-12-2-1-10(9)14(11)6-8-7-16-3-4-17-8/h1-2,5,8H,3-4,6-7H2,(H,13,15). The van der Waals surface area contributed by atoms with Crippen LogP contribution in [0.25, 0.3) is 11.0 Å². The lowest BCUT2D eigenvalue weighted by molar-refractivity contribution is 0.705. The number of H-pyrrole nitrogens is 1. The molecule has 3 rings (SSSR count). The molecule has 0 aromatic carbocycles. The molecule has 17 heavy (non-hydrogen) atoms. The minimum Gasteiger partial charge on any atom is -0.329 e. The summed E-state index contributed by atoms with van der Waals surface area (Å²) in [4.78, 5) is 7.33. The van der Waals surface area contributed by atoms with Gasteiger partial charge in [0.25, 0.3) is 0 Å². The maximum absolute atomic E-state index is 5.38. The maximum atomic E-state index is 5.38. The van der Waals surface area contributed by atoms with Gasteiger partial charge in [0.15, 0.2) is 4.77 Å². The quantitative estimate of drug-likeness (QED) is 0.859. The Kier molecular flexibility index (Phi) is 3.44. The van der Waals surface area contributed by atoms with Crippen LogP contribution in [0.5, 0.6) is 0 Å². The highest BCUT2D eigenvalue weighted by molar-refractivity contribution is 8.06. The Labute approximate surface area is 113 Å². The van der Waals surface area contributed by atoms with Crippen LogP contribution in [-0.2, 0) is 6.54 Å². The van der Waals surface area contributed by atoms with Crippen molar-refractivity contribution in [3.05, 3.63) is 23.2 Å². The predicted octanol–water partition coefficient (Wildman–Crippen LogP) is 2.94. The lowest BCUT2D eigenvalue weighted by Gasteiger charge is -2.21. The van der Waals surface area contributed by atoms with Crippen molar-refractivity contribution in [1.29, 1.82) is 0 Å². The van der Waals surface area contributed by atoms with Crippen molar-refractivity contribution in [2.24, 2.45) is 0 Å². The Morgan fingerprint density at radius 2 is 2.47 bits per heavy atom. The molecule has 0 radical (unpaired) electrons. The second-order valence-corrected chi connectivity index (χ2v) is 6.95. The third-order valence-electron chi connectivity index (χ3n) is 2.85. The second kappa shape index (κ2) is 5.04. The van der Waals surface area contributed by atoms with Gasteiger partial charge in [-0.15, -0.1) is 0 Å². The van der Waals surface area contributed by atoms with E-state index < -0.39 is 0 Å². The van der Waals surface area contributed by atoms with Gasteiger partial charge in [0.05, 0.1) is 17.2 Å². The lowest BCUT2D eigenvalue weighted by atomic mass is 10.4. The molecule has 0 aliphatic carbocycles. The number of fused-ring (bicyclic) bond motifs is 1. The molecule has 2 aromatic heterocycles. The summed E-state index contributed by atoms with van der Waals surface area (Å²) in [5.74, 6) is 3.77. The van der Waals surface area contributed by atoms with Crippen molar-refractivity contribution in [2.45, 2.75) is 11.8 Å². The minimum atomic E-state index is 0.674. The fourth-order valence-electron chi connectivity index (χ4n) is 2.04. The van der Waals surface area contributed by atoms with E-state index in [0.29, 0.717) is 5.25 Å².